The molecule has 1 aromatic carbocycles. The van der Waals surface area contributed by atoms with Gasteiger partial charge in [-0.15, -0.1) is 0 Å². The van der Waals surface area contributed by atoms with Gasteiger partial charge in [0.15, 0.2) is 0 Å². The number of rotatable bonds is 2. The first-order valence-electron chi connectivity index (χ1n) is 7.47. The van der Waals surface area contributed by atoms with Crippen LogP contribution in [0.4, 0.5) is 4.79 Å². The van der Waals surface area contributed by atoms with Gasteiger partial charge >= 0.3 is 6.03 Å². The van der Waals surface area contributed by atoms with Crippen molar-refractivity contribution in [3.05, 3.63) is 58.0 Å². The third kappa shape index (κ3) is 2.65. The lowest BCUT2D eigenvalue weighted by atomic mass is 10.1. The molecule has 1 aliphatic rings. The van der Waals surface area contributed by atoms with Gasteiger partial charge in [0, 0.05) is 17.1 Å². The maximum Gasteiger partial charge on any atom is 0.326 e. The number of benzene rings is 1. The number of hydrogen-bond acceptors (Lipinski definition) is 2. The Morgan fingerprint density at radius 3 is 2.35 bits per heavy atom. The minimum Gasteiger partial charge on any atom is -0.318 e. The molecule has 3 amide bonds. The summed E-state index contributed by atoms with van der Waals surface area (Å²) in [6.07, 6.45) is 1.71. The van der Waals surface area contributed by atoms with Crippen LogP contribution >= 0.6 is 0 Å². The van der Waals surface area contributed by atoms with Crippen molar-refractivity contribution in [1.29, 1.82) is 0 Å². The maximum atomic E-state index is 11.7. The molecular weight excluding hydrogens is 290 g/mol. The van der Waals surface area contributed by atoms with Crippen LogP contribution in [0.1, 0.15) is 28.1 Å². The number of aromatic nitrogens is 1. The van der Waals surface area contributed by atoms with Crippen LogP contribution in [0.2, 0.25) is 0 Å². The topological polar surface area (TPSA) is 63.1 Å². The molecule has 0 atom stereocenters. The van der Waals surface area contributed by atoms with Gasteiger partial charge in [-0.05, 0) is 57.0 Å². The van der Waals surface area contributed by atoms with Crippen LogP contribution in [0.5, 0.6) is 0 Å². The number of hydrogen-bond donors (Lipinski definition) is 2. The molecule has 2 N–H and O–H groups in total. The van der Waals surface area contributed by atoms with Gasteiger partial charge in [-0.3, -0.25) is 10.1 Å². The van der Waals surface area contributed by atoms with Crippen LogP contribution in [-0.4, -0.2) is 16.5 Å². The highest BCUT2D eigenvalue weighted by Crippen LogP contribution is 2.25. The van der Waals surface area contributed by atoms with Crippen LogP contribution < -0.4 is 10.6 Å². The molecule has 2 heterocycles. The van der Waals surface area contributed by atoms with E-state index >= 15 is 0 Å². The fourth-order valence-electron chi connectivity index (χ4n) is 3.00. The number of nitrogens with zero attached hydrogens (tertiary/aromatic N) is 1. The summed E-state index contributed by atoms with van der Waals surface area (Å²) in [5.74, 6) is -0.397. The van der Waals surface area contributed by atoms with Crippen molar-refractivity contribution >= 4 is 18.0 Å². The summed E-state index contributed by atoms with van der Waals surface area (Å²) in [6, 6.07) is 7.87. The van der Waals surface area contributed by atoms with Gasteiger partial charge in [0.2, 0.25) is 0 Å². The third-order valence-electron chi connectivity index (χ3n) is 4.08. The molecule has 0 spiro atoms. The molecule has 23 heavy (non-hydrogen) atoms. The average Bonchev–Trinajstić information content (AvgIpc) is 2.91. The Bertz CT molecular complexity index is 859. The van der Waals surface area contributed by atoms with Crippen molar-refractivity contribution in [3.8, 4) is 5.69 Å². The summed E-state index contributed by atoms with van der Waals surface area (Å²) in [5.41, 5.74) is 6.82. The van der Waals surface area contributed by atoms with Crippen LogP contribution in [-0.2, 0) is 4.79 Å². The van der Waals surface area contributed by atoms with Crippen molar-refractivity contribution in [1.82, 2.24) is 15.2 Å². The van der Waals surface area contributed by atoms with E-state index in [0.717, 1.165) is 22.6 Å². The van der Waals surface area contributed by atoms with Gasteiger partial charge in [0.1, 0.15) is 5.70 Å². The number of urea groups is 1. The van der Waals surface area contributed by atoms with Crippen molar-refractivity contribution in [2.24, 2.45) is 0 Å². The van der Waals surface area contributed by atoms with E-state index in [1.54, 1.807) is 6.08 Å². The zero-order chi connectivity index (χ0) is 16.7. The molecule has 0 radical (unpaired) electrons. The minimum absolute atomic E-state index is 0.274. The summed E-state index contributed by atoms with van der Waals surface area (Å²) < 4.78 is 2.16. The number of nitrogens with one attached hydrogen (secondary N) is 2. The van der Waals surface area contributed by atoms with Crippen LogP contribution in [0.3, 0.4) is 0 Å². The van der Waals surface area contributed by atoms with E-state index in [1.165, 1.54) is 11.1 Å². The number of carbonyl (C=O) groups excluding carboxylic acids is 2. The molecule has 1 aromatic heterocycles. The van der Waals surface area contributed by atoms with E-state index in [0.29, 0.717) is 0 Å². The van der Waals surface area contributed by atoms with Crippen molar-refractivity contribution < 1.29 is 9.59 Å². The van der Waals surface area contributed by atoms with E-state index < -0.39 is 11.9 Å². The molecule has 0 bridgehead atoms. The first kappa shape index (κ1) is 15.1. The Morgan fingerprint density at radius 2 is 1.74 bits per heavy atom. The highest BCUT2D eigenvalue weighted by molar-refractivity contribution is 6.14. The molecule has 5 nitrogen and oxygen atoms in total. The molecule has 3 rings (SSSR count). The Kier molecular flexibility index (Phi) is 3.56. The van der Waals surface area contributed by atoms with Gasteiger partial charge < -0.3 is 9.88 Å². The van der Waals surface area contributed by atoms with E-state index in [2.05, 4.69) is 47.2 Å². The second-order valence-electron chi connectivity index (χ2n) is 5.92. The van der Waals surface area contributed by atoms with Crippen molar-refractivity contribution in [3.63, 3.8) is 0 Å². The molecule has 5 heteroatoms. The fourth-order valence-corrected chi connectivity index (χ4v) is 3.00. The van der Waals surface area contributed by atoms with Gasteiger partial charge in [-0.25, -0.2) is 4.79 Å². The van der Waals surface area contributed by atoms with E-state index in [-0.39, 0.29) is 5.70 Å². The van der Waals surface area contributed by atoms with Crippen LogP contribution in [0.25, 0.3) is 11.8 Å². The maximum absolute atomic E-state index is 11.7. The smallest absolute Gasteiger partial charge is 0.318 e. The lowest BCUT2D eigenvalue weighted by molar-refractivity contribution is -0.115. The zero-order valence-electron chi connectivity index (χ0n) is 13.7. The minimum atomic E-state index is -0.482. The molecule has 2 aromatic rings. The first-order chi connectivity index (χ1) is 10.9. The normalized spacial score (nSPS) is 15.9. The summed E-state index contributed by atoms with van der Waals surface area (Å²) in [7, 11) is 0. The highest BCUT2D eigenvalue weighted by Gasteiger charge is 2.23. The summed E-state index contributed by atoms with van der Waals surface area (Å²) in [4.78, 5) is 22.9. The van der Waals surface area contributed by atoms with Crippen LogP contribution in [0.15, 0.2) is 30.0 Å². The van der Waals surface area contributed by atoms with Gasteiger partial charge in [0.25, 0.3) is 5.91 Å². The van der Waals surface area contributed by atoms with Crippen molar-refractivity contribution in [2.75, 3.05) is 0 Å². The van der Waals surface area contributed by atoms with E-state index in [4.69, 9.17) is 0 Å². The first-order valence-corrected chi connectivity index (χ1v) is 7.47. The number of aryl methyl sites for hydroxylation is 3. The van der Waals surface area contributed by atoms with E-state index in [1.807, 2.05) is 19.9 Å². The number of carbonyl (C=O) groups is 2. The lowest BCUT2D eigenvalue weighted by Crippen LogP contribution is -2.22. The van der Waals surface area contributed by atoms with E-state index in [9.17, 15) is 9.59 Å². The highest BCUT2D eigenvalue weighted by atomic mass is 16.2. The predicted octanol–water partition coefficient (Wildman–Crippen LogP) is 2.89. The standard InChI is InChI=1S/C18H19N3O2/c1-10-5-6-16(11(2)7-10)21-12(3)8-14(13(21)4)9-15-17(22)20-18(23)19-15/h5-9H,1-4H3,(H2,19,20,22,23)/b15-9+. The van der Waals surface area contributed by atoms with Crippen molar-refractivity contribution in [2.45, 2.75) is 27.7 Å². The van der Waals surface area contributed by atoms with Gasteiger partial charge in [-0.2, -0.15) is 0 Å². The Balaban J connectivity index is 2.08. The largest absolute Gasteiger partial charge is 0.326 e. The molecular formula is C18H19N3O2. The average molecular weight is 309 g/mol. The summed E-state index contributed by atoms with van der Waals surface area (Å²) >= 11 is 0. The Labute approximate surface area is 135 Å². The lowest BCUT2D eigenvalue weighted by Gasteiger charge is -2.13. The summed E-state index contributed by atoms with van der Waals surface area (Å²) in [6.45, 7) is 8.20. The summed E-state index contributed by atoms with van der Waals surface area (Å²) in [5, 5.41) is 4.73. The van der Waals surface area contributed by atoms with Crippen LogP contribution in [0, 0.1) is 27.7 Å². The molecule has 1 fully saturated rings. The zero-order valence-corrected chi connectivity index (χ0v) is 13.7. The fraction of sp³-hybridized carbons (Fsp3) is 0.222. The molecule has 0 saturated carbocycles. The second kappa shape index (κ2) is 5.43. The SMILES string of the molecule is Cc1ccc(-n2c(C)cc(/C=C3/NC(=O)NC3=O)c2C)c(C)c1. The Morgan fingerprint density at radius 1 is 1.00 bits per heavy atom. The Hall–Kier alpha value is -2.82. The molecule has 0 aliphatic carbocycles. The second-order valence-corrected chi connectivity index (χ2v) is 5.92. The number of imide groups is 1. The molecule has 1 aliphatic heterocycles. The number of amides is 3. The van der Waals surface area contributed by atoms with Gasteiger partial charge in [-0.1, -0.05) is 17.7 Å². The predicted molar refractivity (Wildman–Crippen MR) is 89.4 cm³/mol. The monoisotopic (exact) mass is 309 g/mol. The molecule has 1 saturated heterocycles. The third-order valence-corrected chi connectivity index (χ3v) is 4.08. The quantitative estimate of drug-likeness (QED) is 0.662. The molecule has 118 valence electrons. The van der Waals surface area contributed by atoms with Gasteiger partial charge in [0.05, 0.1) is 0 Å². The molecule has 0 unspecified atom stereocenters.